The maximum absolute atomic E-state index is 11.7. The largest absolute Gasteiger partial charge is 0.493 e. The molecule has 18 heavy (non-hydrogen) atoms. The van der Waals surface area contributed by atoms with E-state index < -0.39 is 5.56 Å². The molecule has 1 aromatic heterocycles. The average Bonchev–Trinajstić information content (AvgIpc) is 2.23. The summed E-state index contributed by atoms with van der Waals surface area (Å²) in [5.74, 6) is -0.581. The number of aryl methyl sites for hydroxylation is 1. The van der Waals surface area contributed by atoms with Crippen LogP contribution >= 0.6 is 0 Å². The van der Waals surface area contributed by atoms with E-state index in [0.29, 0.717) is 5.56 Å². The Morgan fingerprint density at radius 2 is 2.28 bits per heavy atom. The molecule has 0 saturated carbocycles. The Balaban J connectivity index is 3.14. The van der Waals surface area contributed by atoms with Gasteiger partial charge in [0.25, 0.3) is 5.56 Å². The number of amides is 1. The van der Waals surface area contributed by atoms with Gasteiger partial charge in [-0.15, -0.1) is 0 Å². The van der Waals surface area contributed by atoms with Crippen molar-refractivity contribution in [2.24, 2.45) is 0 Å². The Hall–Kier alpha value is -2.29. The van der Waals surface area contributed by atoms with E-state index in [4.69, 9.17) is 5.26 Å². The molecule has 0 fully saturated rings. The molecule has 0 spiro atoms. The summed E-state index contributed by atoms with van der Waals surface area (Å²) in [5.41, 5.74) is 0.106. The van der Waals surface area contributed by atoms with E-state index >= 15 is 0 Å². The summed E-state index contributed by atoms with van der Waals surface area (Å²) in [5, 5.41) is 21.4. The fourth-order valence-electron chi connectivity index (χ4n) is 1.73. The van der Waals surface area contributed by atoms with Crippen molar-refractivity contribution >= 4 is 5.91 Å². The predicted octanol–water partition coefficient (Wildman–Crippen LogP) is 0.259. The number of rotatable bonds is 3. The van der Waals surface area contributed by atoms with Crippen molar-refractivity contribution in [3.05, 3.63) is 27.5 Å². The number of nitrogens with one attached hydrogen (secondary N) is 1. The van der Waals surface area contributed by atoms with E-state index in [0.717, 1.165) is 4.57 Å². The Morgan fingerprint density at radius 1 is 1.67 bits per heavy atom. The Kier molecular flexibility index (Phi) is 4.10. The van der Waals surface area contributed by atoms with Crippen molar-refractivity contribution in [3.63, 3.8) is 0 Å². The van der Waals surface area contributed by atoms with Crippen LogP contribution < -0.4 is 10.9 Å². The van der Waals surface area contributed by atoms with Gasteiger partial charge in [0.15, 0.2) is 0 Å². The van der Waals surface area contributed by atoms with Crippen molar-refractivity contribution < 1.29 is 9.90 Å². The van der Waals surface area contributed by atoms with Crippen molar-refractivity contribution in [2.75, 3.05) is 0 Å². The summed E-state index contributed by atoms with van der Waals surface area (Å²) in [7, 11) is 0. The van der Waals surface area contributed by atoms with Gasteiger partial charge in [-0.2, -0.15) is 5.26 Å². The van der Waals surface area contributed by atoms with Crippen LogP contribution in [-0.4, -0.2) is 21.6 Å². The van der Waals surface area contributed by atoms with Gasteiger partial charge in [0, 0.05) is 25.6 Å². The van der Waals surface area contributed by atoms with E-state index in [2.05, 4.69) is 5.32 Å². The van der Waals surface area contributed by atoms with Crippen LogP contribution in [0.5, 0.6) is 5.88 Å². The van der Waals surface area contributed by atoms with E-state index in [1.165, 1.54) is 13.0 Å². The summed E-state index contributed by atoms with van der Waals surface area (Å²) < 4.78 is 1.08. The minimum atomic E-state index is -0.402. The Bertz CT molecular complexity index is 569. The molecular weight excluding hydrogens is 234 g/mol. The van der Waals surface area contributed by atoms with Crippen molar-refractivity contribution in [1.82, 2.24) is 9.88 Å². The average molecular weight is 249 g/mol. The second-order valence-electron chi connectivity index (χ2n) is 4.19. The lowest BCUT2D eigenvalue weighted by molar-refractivity contribution is -0.119. The third-order valence-electron chi connectivity index (χ3n) is 2.50. The molecule has 0 aliphatic rings. The molecule has 1 rings (SSSR count). The molecular formula is C12H15N3O3. The lowest BCUT2D eigenvalue weighted by atomic mass is 10.1. The second kappa shape index (κ2) is 5.36. The second-order valence-corrected chi connectivity index (χ2v) is 4.19. The van der Waals surface area contributed by atoms with E-state index in [1.54, 1.807) is 13.8 Å². The van der Waals surface area contributed by atoms with E-state index in [-0.39, 0.29) is 29.9 Å². The van der Waals surface area contributed by atoms with Crippen LogP contribution in [0, 0.1) is 18.3 Å². The minimum Gasteiger partial charge on any atom is -0.493 e. The Labute approximate surface area is 104 Å². The van der Waals surface area contributed by atoms with Gasteiger partial charge in [-0.25, -0.2) is 0 Å². The number of nitrogens with zero attached hydrogens (tertiary/aromatic N) is 2. The summed E-state index contributed by atoms with van der Waals surface area (Å²) in [6.07, 6.45) is 0. The van der Waals surface area contributed by atoms with E-state index in [9.17, 15) is 14.7 Å². The third-order valence-corrected chi connectivity index (χ3v) is 2.50. The van der Waals surface area contributed by atoms with Crippen molar-refractivity contribution in [2.45, 2.75) is 33.4 Å². The molecule has 1 atom stereocenters. The maximum atomic E-state index is 11.7. The van der Waals surface area contributed by atoms with Crippen molar-refractivity contribution in [1.29, 1.82) is 5.26 Å². The zero-order valence-corrected chi connectivity index (χ0v) is 10.5. The zero-order valence-electron chi connectivity index (χ0n) is 10.5. The molecule has 1 heterocycles. The molecule has 1 amide bonds. The van der Waals surface area contributed by atoms with Gasteiger partial charge < -0.3 is 10.4 Å². The Morgan fingerprint density at radius 3 is 2.78 bits per heavy atom. The first kappa shape index (κ1) is 13.8. The number of aromatic hydroxyl groups is 1. The highest BCUT2D eigenvalue weighted by molar-refractivity contribution is 5.73. The minimum absolute atomic E-state index is 0.0737. The molecule has 6 nitrogen and oxygen atoms in total. The first-order valence-electron chi connectivity index (χ1n) is 5.47. The lowest BCUT2D eigenvalue weighted by Gasteiger charge is -2.16. The summed E-state index contributed by atoms with van der Waals surface area (Å²) >= 11 is 0. The van der Waals surface area contributed by atoms with Crippen LogP contribution in [0.3, 0.4) is 0 Å². The topological polar surface area (TPSA) is 95.1 Å². The number of nitriles is 1. The molecule has 0 radical (unpaired) electrons. The SMILES string of the molecule is CC(=O)NC(C)Cn1c(O)c(C#N)c(C)cc1=O. The molecule has 1 aromatic rings. The quantitative estimate of drug-likeness (QED) is 0.803. The highest BCUT2D eigenvalue weighted by Crippen LogP contribution is 2.17. The standard InChI is InChI=1S/C12H15N3O3/c1-7-4-11(17)15(12(18)10(7)5-13)6-8(2)14-9(3)16/h4,8,18H,6H2,1-3H3,(H,14,16). The summed E-state index contributed by atoms with van der Waals surface area (Å²) in [4.78, 5) is 22.6. The fraction of sp³-hybridized carbons (Fsp3) is 0.417. The highest BCUT2D eigenvalue weighted by Gasteiger charge is 2.14. The zero-order chi connectivity index (χ0) is 13.9. The van der Waals surface area contributed by atoms with Crippen LogP contribution in [0.2, 0.25) is 0 Å². The molecule has 0 bridgehead atoms. The normalized spacial score (nSPS) is 11.7. The molecule has 0 aliphatic carbocycles. The van der Waals surface area contributed by atoms with Gasteiger partial charge in [-0.1, -0.05) is 0 Å². The van der Waals surface area contributed by atoms with Crippen LogP contribution in [0.25, 0.3) is 0 Å². The van der Waals surface area contributed by atoms with Gasteiger partial charge in [-0.05, 0) is 19.4 Å². The molecule has 96 valence electrons. The number of pyridine rings is 1. The summed E-state index contributed by atoms with van der Waals surface area (Å²) in [6.45, 7) is 4.77. The van der Waals surface area contributed by atoms with Crippen LogP contribution in [0.15, 0.2) is 10.9 Å². The number of carbonyl (C=O) groups excluding carboxylic acids is 1. The molecule has 6 heteroatoms. The molecule has 1 unspecified atom stereocenters. The van der Waals surface area contributed by atoms with Crippen molar-refractivity contribution in [3.8, 4) is 11.9 Å². The lowest BCUT2D eigenvalue weighted by Crippen LogP contribution is -2.37. The van der Waals surface area contributed by atoms with Gasteiger partial charge >= 0.3 is 0 Å². The predicted molar refractivity (Wildman–Crippen MR) is 65.1 cm³/mol. The number of carbonyl (C=O) groups is 1. The number of hydrogen-bond acceptors (Lipinski definition) is 4. The molecule has 0 aromatic carbocycles. The van der Waals surface area contributed by atoms with Gasteiger partial charge in [-0.3, -0.25) is 14.2 Å². The maximum Gasteiger partial charge on any atom is 0.253 e. The number of hydrogen-bond donors (Lipinski definition) is 2. The monoisotopic (exact) mass is 249 g/mol. The smallest absolute Gasteiger partial charge is 0.253 e. The third kappa shape index (κ3) is 2.88. The fourth-order valence-corrected chi connectivity index (χ4v) is 1.73. The molecule has 0 saturated heterocycles. The van der Waals surface area contributed by atoms with Crippen LogP contribution in [0.1, 0.15) is 25.0 Å². The van der Waals surface area contributed by atoms with E-state index in [1.807, 2.05) is 6.07 Å². The summed E-state index contributed by atoms with van der Waals surface area (Å²) in [6, 6.07) is 2.82. The van der Waals surface area contributed by atoms with Crippen LogP contribution in [-0.2, 0) is 11.3 Å². The first-order chi connectivity index (χ1) is 8.36. The van der Waals surface area contributed by atoms with Gasteiger partial charge in [0.1, 0.15) is 11.6 Å². The first-order valence-corrected chi connectivity index (χ1v) is 5.47. The van der Waals surface area contributed by atoms with Crippen LogP contribution in [0.4, 0.5) is 0 Å². The van der Waals surface area contributed by atoms with Gasteiger partial charge in [0.2, 0.25) is 11.8 Å². The van der Waals surface area contributed by atoms with Gasteiger partial charge in [0.05, 0.1) is 0 Å². The highest BCUT2D eigenvalue weighted by atomic mass is 16.3. The number of aromatic nitrogens is 1. The molecule has 2 N–H and O–H groups in total. The molecule has 0 aliphatic heterocycles.